The second-order valence-electron chi connectivity index (χ2n) is 4.21. The van der Waals surface area contributed by atoms with Gasteiger partial charge in [-0.25, -0.2) is 0 Å². The lowest BCUT2D eigenvalue weighted by molar-refractivity contribution is 0.456. The molecule has 0 bridgehead atoms. The van der Waals surface area contributed by atoms with Gasteiger partial charge in [0.05, 0.1) is 0 Å². The number of hydrogen-bond acceptors (Lipinski definition) is 1. The van der Waals surface area contributed by atoms with E-state index >= 15 is 0 Å². The molecule has 1 atom stereocenters. The van der Waals surface area contributed by atoms with E-state index in [9.17, 15) is 0 Å². The molecule has 1 saturated carbocycles. The first-order valence-corrected chi connectivity index (χ1v) is 5.68. The van der Waals surface area contributed by atoms with Crippen molar-refractivity contribution in [3.63, 3.8) is 0 Å². The van der Waals surface area contributed by atoms with Crippen LogP contribution in [0.3, 0.4) is 0 Å². The molecular weight excluding hydrogens is 158 g/mol. The molecule has 1 aliphatic carbocycles. The van der Waals surface area contributed by atoms with Crippen molar-refractivity contribution in [3.05, 3.63) is 12.2 Å². The third-order valence-corrected chi connectivity index (χ3v) is 2.86. The predicted molar refractivity (Wildman–Crippen MR) is 58.9 cm³/mol. The second kappa shape index (κ2) is 5.43. The molecule has 13 heavy (non-hydrogen) atoms. The van der Waals surface area contributed by atoms with Crippen LogP contribution in [0.25, 0.3) is 0 Å². The van der Waals surface area contributed by atoms with E-state index in [1.54, 1.807) is 0 Å². The van der Waals surface area contributed by atoms with Crippen molar-refractivity contribution in [3.8, 4) is 0 Å². The van der Waals surface area contributed by atoms with E-state index in [0.29, 0.717) is 0 Å². The van der Waals surface area contributed by atoms with Crippen LogP contribution >= 0.6 is 0 Å². The van der Waals surface area contributed by atoms with E-state index in [1.165, 1.54) is 31.3 Å². The van der Waals surface area contributed by atoms with Gasteiger partial charge in [-0.2, -0.15) is 0 Å². The maximum absolute atomic E-state index is 4.09. The summed E-state index contributed by atoms with van der Waals surface area (Å²) in [7, 11) is 0. The Kier molecular flexibility index (Phi) is 4.51. The van der Waals surface area contributed by atoms with Gasteiger partial charge in [-0.15, -0.1) is 0 Å². The SMILES string of the molecule is C=C(CC)CC(NCCC)C1CC1. The van der Waals surface area contributed by atoms with Crippen LogP contribution in [0.15, 0.2) is 12.2 Å². The van der Waals surface area contributed by atoms with Crippen LogP contribution in [0.5, 0.6) is 0 Å². The molecule has 1 aliphatic rings. The summed E-state index contributed by atoms with van der Waals surface area (Å²) >= 11 is 0. The molecule has 76 valence electrons. The monoisotopic (exact) mass is 181 g/mol. The summed E-state index contributed by atoms with van der Waals surface area (Å²) in [5.41, 5.74) is 1.40. The zero-order valence-corrected chi connectivity index (χ0v) is 9.10. The fourth-order valence-corrected chi connectivity index (χ4v) is 1.69. The highest BCUT2D eigenvalue weighted by Crippen LogP contribution is 2.35. The molecule has 1 N–H and O–H groups in total. The van der Waals surface area contributed by atoms with Crippen molar-refractivity contribution in [2.75, 3.05) is 6.54 Å². The molecule has 0 heterocycles. The Hall–Kier alpha value is -0.300. The second-order valence-corrected chi connectivity index (χ2v) is 4.21. The standard InChI is InChI=1S/C12H23N/c1-4-8-13-12(11-6-7-11)9-10(3)5-2/h11-13H,3-9H2,1-2H3. The molecule has 0 aliphatic heterocycles. The Labute approximate surface area is 82.6 Å². The Morgan fingerprint density at radius 2 is 2.15 bits per heavy atom. The maximum atomic E-state index is 4.09. The first-order valence-electron chi connectivity index (χ1n) is 5.68. The van der Waals surface area contributed by atoms with Gasteiger partial charge in [0.25, 0.3) is 0 Å². The lowest BCUT2D eigenvalue weighted by Gasteiger charge is -2.18. The molecule has 0 radical (unpaired) electrons. The molecule has 0 aromatic rings. The fraction of sp³-hybridized carbons (Fsp3) is 0.833. The minimum atomic E-state index is 0.729. The molecule has 1 nitrogen and oxygen atoms in total. The zero-order valence-electron chi connectivity index (χ0n) is 9.10. The van der Waals surface area contributed by atoms with Crippen molar-refractivity contribution < 1.29 is 0 Å². The third-order valence-electron chi connectivity index (χ3n) is 2.86. The van der Waals surface area contributed by atoms with Crippen molar-refractivity contribution >= 4 is 0 Å². The molecule has 0 amide bonds. The van der Waals surface area contributed by atoms with E-state index in [1.807, 2.05) is 0 Å². The van der Waals surface area contributed by atoms with Crippen LogP contribution < -0.4 is 5.32 Å². The van der Waals surface area contributed by atoms with Crippen molar-refractivity contribution in [2.45, 2.75) is 52.0 Å². The van der Waals surface area contributed by atoms with Gasteiger partial charge in [-0.3, -0.25) is 0 Å². The molecule has 1 fully saturated rings. The summed E-state index contributed by atoms with van der Waals surface area (Å²) in [5, 5.41) is 3.64. The molecular formula is C12H23N. The third kappa shape index (κ3) is 3.95. The Bertz CT molecular complexity index is 159. The van der Waals surface area contributed by atoms with Gasteiger partial charge in [-0.1, -0.05) is 26.0 Å². The van der Waals surface area contributed by atoms with Gasteiger partial charge in [0, 0.05) is 6.04 Å². The minimum absolute atomic E-state index is 0.729. The average Bonchev–Trinajstić information content (AvgIpc) is 2.94. The van der Waals surface area contributed by atoms with Crippen molar-refractivity contribution in [2.24, 2.45) is 5.92 Å². The van der Waals surface area contributed by atoms with Gasteiger partial charge in [0.1, 0.15) is 0 Å². The summed E-state index contributed by atoms with van der Waals surface area (Å²) in [4.78, 5) is 0. The highest BCUT2D eigenvalue weighted by atomic mass is 14.9. The van der Waals surface area contributed by atoms with Gasteiger partial charge in [0.15, 0.2) is 0 Å². The van der Waals surface area contributed by atoms with Gasteiger partial charge >= 0.3 is 0 Å². The van der Waals surface area contributed by atoms with E-state index in [4.69, 9.17) is 0 Å². The quantitative estimate of drug-likeness (QED) is 0.595. The smallest absolute Gasteiger partial charge is 0.0132 e. The normalized spacial score (nSPS) is 18.6. The minimum Gasteiger partial charge on any atom is -0.313 e. The van der Waals surface area contributed by atoms with E-state index in [-0.39, 0.29) is 0 Å². The number of rotatable bonds is 7. The van der Waals surface area contributed by atoms with Crippen LogP contribution in [0, 0.1) is 5.92 Å². The summed E-state index contributed by atoms with van der Waals surface area (Å²) in [6.07, 6.45) is 6.43. The Morgan fingerprint density at radius 1 is 1.46 bits per heavy atom. The lowest BCUT2D eigenvalue weighted by Crippen LogP contribution is -2.31. The highest BCUT2D eigenvalue weighted by molar-refractivity contribution is 5.00. The molecule has 0 saturated heterocycles. The van der Waals surface area contributed by atoms with Gasteiger partial charge < -0.3 is 5.32 Å². The van der Waals surface area contributed by atoms with Crippen LogP contribution in [-0.4, -0.2) is 12.6 Å². The zero-order chi connectivity index (χ0) is 9.68. The summed E-state index contributed by atoms with van der Waals surface area (Å²) in [6.45, 7) is 9.68. The molecule has 1 heteroatoms. The van der Waals surface area contributed by atoms with Crippen LogP contribution in [0.1, 0.15) is 46.0 Å². The van der Waals surface area contributed by atoms with Crippen LogP contribution in [0.2, 0.25) is 0 Å². The van der Waals surface area contributed by atoms with Crippen molar-refractivity contribution in [1.29, 1.82) is 0 Å². The van der Waals surface area contributed by atoms with E-state index < -0.39 is 0 Å². The molecule has 1 unspecified atom stereocenters. The summed E-state index contributed by atoms with van der Waals surface area (Å²) < 4.78 is 0. The van der Waals surface area contributed by atoms with Gasteiger partial charge in [-0.05, 0) is 44.6 Å². The first kappa shape index (κ1) is 10.8. The molecule has 0 aromatic carbocycles. The largest absolute Gasteiger partial charge is 0.313 e. The van der Waals surface area contributed by atoms with E-state index in [0.717, 1.165) is 24.9 Å². The number of nitrogens with one attached hydrogen (secondary N) is 1. The fourth-order valence-electron chi connectivity index (χ4n) is 1.69. The van der Waals surface area contributed by atoms with Crippen LogP contribution in [0.4, 0.5) is 0 Å². The highest BCUT2D eigenvalue weighted by Gasteiger charge is 2.30. The Morgan fingerprint density at radius 3 is 2.62 bits per heavy atom. The van der Waals surface area contributed by atoms with Gasteiger partial charge in [0.2, 0.25) is 0 Å². The Balaban J connectivity index is 2.24. The van der Waals surface area contributed by atoms with E-state index in [2.05, 4.69) is 25.7 Å². The average molecular weight is 181 g/mol. The first-order chi connectivity index (χ1) is 6.27. The molecule has 1 rings (SSSR count). The number of hydrogen-bond donors (Lipinski definition) is 1. The van der Waals surface area contributed by atoms with Crippen molar-refractivity contribution in [1.82, 2.24) is 5.32 Å². The summed E-state index contributed by atoms with van der Waals surface area (Å²) in [6, 6.07) is 0.729. The molecule has 0 spiro atoms. The molecule has 0 aromatic heterocycles. The topological polar surface area (TPSA) is 12.0 Å². The summed E-state index contributed by atoms with van der Waals surface area (Å²) in [5.74, 6) is 0.954. The van der Waals surface area contributed by atoms with Crippen LogP contribution in [-0.2, 0) is 0 Å². The lowest BCUT2D eigenvalue weighted by atomic mass is 10.0. The maximum Gasteiger partial charge on any atom is 0.0132 e. The predicted octanol–water partition coefficient (Wildman–Crippen LogP) is 3.12.